The minimum atomic E-state index is -0.528. The van der Waals surface area contributed by atoms with Crippen LogP contribution in [0.25, 0.3) is 0 Å². The van der Waals surface area contributed by atoms with Gasteiger partial charge in [0.15, 0.2) is 0 Å². The van der Waals surface area contributed by atoms with Crippen LogP contribution in [0.5, 0.6) is 0 Å². The summed E-state index contributed by atoms with van der Waals surface area (Å²) in [4.78, 5) is 18.9. The number of nitrogens with two attached hydrogens (primary N) is 1. The van der Waals surface area contributed by atoms with Crippen LogP contribution in [0.2, 0.25) is 0 Å². The van der Waals surface area contributed by atoms with E-state index in [2.05, 4.69) is 18.8 Å². The van der Waals surface area contributed by atoms with Crippen LogP contribution in [-0.4, -0.2) is 28.4 Å². The van der Waals surface area contributed by atoms with Gasteiger partial charge in [-0.05, 0) is 30.0 Å². The molecule has 4 heteroatoms. The molecule has 1 atom stereocenters. The molecule has 1 aromatic heterocycles. The third-order valence-electron chi connectivity index (χ3n) is 3.59. The highest BCUT2D eigenvalue weighted by molar-refractivity contribution is 5.82. The Morgan fingerprint density at radius 1 is 1.13 bits per heavy atom. The lowest BCUT2D eigenvalue weighted by atomic mass is 10.0. The third-order valence-corrected chi connectivity index (χ3v) is 3.59. The predicted molar refractivity (Wildman–Crippen MR) is 92.6 cm³/mol. The molecule has 122 valence electrons. The molecule has 1 aromatic carbocycles. The average Bonchev–Trinajstić information content (AvgIpc) is 2.55. The molecule has 0 radical (unpaired) electrons. The monoisotopic (exact) mass is 311 g/mol. The lowest BCUT2D eigenvalue weighted by molar-refractivity contribution is -0.133. The first-order chi connectivity index (χ1) is 11.1. The second kappa shape index (κ2) is 8.44. The van der Waals surface area contributed by atoms with Crippen molar-refractivity contribution in [1.82, 2.24) is 9.88 Å². The molecule has 2 aromatic rings. The van der Waals surface area contributed by atoms with Gasteiger partial charge in [0.25, 0.3) is 0 Å². The maximum absolute atomic E-state index is 12.8. The Kier molecular flexibility index (Phi) is 6.29. The Hall–Kier alpha value is -2.20. The van der Waals surface area contributed by atoms with Gasteiger partial charge in [-0.25, -0.2) is 0 Å². The van der Waals surface area contributed by atoms with Gasteiger partial charge in [-0.2, -0.15) is 0 Å². The van der Waals surface area contributed by atoms with Crippen molar-refractivity contribution >= 4 is 5.91 Å². The molecule has 0 spiro atoms. The van der Waals surface area contributed by atoms with Gasteiger partial charge in [0.2, 0.25) is 5.91 Å². The van der Waals surface area contributed by atoms with Crippen molar-refractivity contribution in [2.45, 2.75) is 32.9 Å². The summed E-state index contributed by atoms with van der Waals surface area (Å²) in [6.07, 6.45) is 2.30. The number of carbonyl (C=O) groups excluding carboxylic acids is 1. The molecule has 0 aliphatic carbocycles. The van der Waals surface area contributed by atoms with E-state index in [0.29, 0.717) is 25.4 Å². The lowest BCUT2D eigenvalue weighted by Gasteiger charge is -2.27. The van der Waals surface area contributed by atoms with Crippen molar-refractivity contribution in [2.75, 3.05) is 6.54 Å². The van der Waals surface area contributed by atoms with Gasteiger partial charge in [-0.3, -0.25) is 9.78 Å². The molecule has 0 aliphatic rings. The molecular formula is C19H25N3O. The maximum atomic E-state index is 12.8. The summed E-state index contributed by atoms with van der Waals surface area (Å²) < 4.78 is 0. The van der Waals surface area contributed by atoms with Crippen molar-refractivity contribution in [3.63, 3.8) is 0 Å². The molecule has 0 bridgehead atoms. The predicted octanol–water partition coefficient (Wildman–Crippen LogP) is 2.64. The van der Waals surface area contributed by atoms with Crippen LogP contribution in [0.1, 0.15) is 25.1 Å². The molecule has 0 aliphatic heterocycles. The summed E-state index contributed by atoms with van der Waals surface area (Å²) in [5, 5.41) is 0. The van der Waals surface area contributed by atoms with E-state index in [9.17, 15) is 4.79 Å². The van der Waals surface area contributed by atoms with Crippen molar-refractivity contribution in [3.8, 4) is 0 Å². The van der Waals surface area contributed by atoms with Crippen LogP contribution in [0.3, 0.4) is 0 Å². The fourth-order valence-corrected chi connectivity index (χ4v) is 2.55. The smallest absolute Gasteiger partial charge is 0.240 e. The zero-order valence-corrected chi connectivity index (χ0v) is 13.9. The number of hydrogen-bond acceptors (Lipinski definition) is 3. The third kappa shape index (κ3) is 5.49. The molecule has 0 fully saturated rings. The summed E-state index contributed by atoms with van der Waals surface area (Å²) in [6, 6.07) is 15.1. The number of benzene rings is 1. The molecule has 1 amide bonds. The zero-order chi connectivity index (χ0) is 16.7. The highest BCUT2D eigenvalue weighted by Crippen LogP contribution is 2.10. The maximum Gasteiger partial charge on any atom is 0.240 e. The van der Waals surface area contributed by atoms with Crippen LogP contribution in [0, 0.1) is 5.92 Å². The van der Waals surface area contributed by atoms with Gasteiger partial charge in [-0.15, -0.1) is 0 Å². The Balaban J connectivity index is 2.06. The van der Waals surface area contributed by atoms with E-state index in [-0.39, 0.29) is 5.91 Å². The number of pyridine rings is 1. The van der Waals surface area contributed by atoms with Crippen LogP contribution < -0.4 is 5.73 Å². The molecule has 2 N–H and O–H groups in total. The van der Waals surface area contributed by atoms with Gasteiger partial charge in [-0.1, -0.05) is 50.2 Å². The largest absolute Gasteiger partial charge is 0.335 e. The first-order valence-corrected chi connectivity index (χ1v) is 8.04. The number of aromatic nitrogens is 1. The standard InChI is InChI=1S/C19H25N3O/c1-15(2)13-22(14-17-10-6-7-11-21-17)19(23)18(20)12-16-8-4-3-5-9-16/h3-11,15,18H,12-14,20H2,1-2H3/t18-/m0/s1. The van der Waals surface area contributed by atoms with E-state index in [1.807, 2.05) is 53.4 Å². The quantitative estimate of drug-likeness (QED) is 0.855. The molecule has 23 heavy (non-hydrogen) atoms. The Bertz CT molecular complexity index is 599. The minimum Gasteiger partial charge on any atom is -0.335 e. The Morgan fingerprint density at radius 3 is 2.43 bits per heavy atom. The topological polar surface area (TPSA) is 59.2 Å². The fourth-order valence-electron chi connectivity index (χ4n) is 2.55. The summed E-state index contributed by atoms with van der Waals surface area (Å²) in [7, 11) is 0. The van der Waals surface area contributed by atoms with E-state index in [0.717, 1.165) is 11.3 Å². The first-order valence-electron chi connectivity index (χ1n) is 8.04. The van der Waals surface area contributed by atoms with Crippen LogP contribution in [-0.2, 0) is 17.8 Å². The number of amides is 1. The number of carbonyl (C=O) groups is 1. The number of hydrogen-bond donors (Lipinski definition) is 1. The molecule has 4 nitrogen and oxygen atoms in total. The Morgan fingerprint density at radius 2 is 1.83 bits per heavy atom. The lowest BCUT2D eigenvalue weighted by Crippen LogP contribution is -2.46. The summed E-state index contributed by atoms with van der Waals surface area (Å²) in [6.45, 7) is 5.38. The minimum absolute atomic E-state index is 0.0202. The van der Waals surface area contributed by atoms with Gasteiger partial charge >= 0.3 is 0 Å². The summed E-state index contributed by atoms with van der Waals surface area (Å²) in [5.74, 6) is 0.361. The van der Waals surface area contributed by atoms with Gasteiger partial charge in [0, 0.05) is 12.7 Å². The van der Waals surface area contributed by atoms with E-state index in [1.165, 1.54) is 0 Å². The second-order valence-corrected chi connectivity index (χ2v) is 6.23. The van der Waals surface area contributed by atoms with Gasteiger partial charge in [0.1, 0.15) is 0 Å². The number of nitrogens with zero attached hydrogens (tertiary/aromatic N) is 2. The molecular weight excluding hydrogens is 286 g/mol. The molecule has 0 unspecified atom stereocenters. The van der Waals surface area contributed by atoms with Crippen LogP contribution in [0.4, 0.5) is 0 Å². The van der Waals surface area contributed by atoms with E-state index < -0.39 is 6.04 Å². The molecule has 1 heterocycles. The Labute approximate surface area is 138 Å². The first kappa shape index (κ1) is 17.2. The molecule has 0 saturated heterocycles. The van der Waals surface area contributed by atoms with Crippen LogP contribution in [0.15, 0.2) is 54.7 Å². The summed E-state index contributed by atoms with van der Waals surface area (Å²) in [5.41, 5.74) is 8.13. The normalized spacial score (nSPS) is 12.2. The van der Waals surface area contributed by atoms with E-state index >= 15 is 0 Å². The SMILES string of the molecule is CC(C)CN(Cc1ccccn1)C(=O)[C@@H](N)Cc1ccccc1. The van der Waals surface area contributed by atoms with Crippen LogP contribution >= 0.6 is 0 Å². The van der Waals surface area contributed by atoms with Gasteiger partial charge in [0.05, 0.1) is 18.3 Å². The zero-order valence-electron chi connectivity index (χ0n) is 13.9. The highest BCUT2D eigenvalue weighted by atomic mass is 16.2. The van der Waals surface area contributed by atoms with Crippen molar-refractivity contribution in [3.05, 3.63) is 66.0 Å². The second-order valence-electron chi connectivity index (χ2n) is 6.23. The fraction of sp³-hybridized carbons (Fsp3) is 0.368. The number of rotatable bonds is 7. The summed E-state index contributed by atoms with van der Waals surface area (Å²) >= 11 is 0. The highest BCUT2D eigenvalue weighted by Gasteiger charge is 2.22. The van der Waals surface area contributed by atoms with Gasteiger partial charge < -0.3 is 10.6 Å². The van der Waals surface area contributed by atoms with Crippen molar-refractivity contribution in [2.24, 2.45) is 11.7 Å². The molecule has 0 saturated carbocycles. The van der Waals surface area contributed by atoms with Crippen molar-refractivity contribution < 1.29 is 4.79 Å². The van der Waals surface area contributed by atoms with E-state index in [4.69, 9.17) is 5.73 Å². The van der Waals surface area contributed by atoms with E-state index in [1.54, 1.807) is 6.20 Å². The molecule has 2 rings (SSSR count). The van der Waals surface area contributed by atoms with Crippen molar-refractivity contribution in [1.29, 1.82) is 0 Å². The average molecular weight is 311 g/mol.